The quantitative estimate of drug-likeness (QED) is 0.649. The number of nitrogens with one attached hydrogen (secondary N) is 2. The molecule has 2 rings (SSSR count). The number of hydrogen-bond donors (Lipinski definition) is 2. The Hall–Kier alpha value is -2.30. The van der Waals surface area contributed by atoms with Gasteiger partial charge in [-0.15, -0.1) is 0 Å². The van der Waals surface area contributed by atoms with Crippen molar-refractivity contribution in [1.82, 2.24) is 10.9 Å². The molecule has 1 aromatic carbocycles. The molecular formula is C17H22N2O3. The van der Waals surface area contributed by atoms with Gasteiger partial charge < -0.3 is 4.74 Å². The zero-order valence-electron chi connectivity index (χ0n) is 12.6. The van der Waals surface area contributed by atoms with E-state index in [0.717, 1.165) is 25.7 Å². The first-order chi connectivity index (χ1) is 10.7. The number of benzene rings is 1. The summed E-state index contributed by atoms with van der Waals surface area (Å²) in [6, 6.07) is 6.73. The summed E-state index contributed by atoms with van der Waals surface area (Å²) in [5.74, 6) is 0.254. The molecule has 0 saturated heterocycles. The molecule has 1 aliphatic rings. The van der Waals surface area contributed by atoms with Gasteiger partial charge in [0, 0.05) is 11.5 Å². The predicted molar refractivity (Wildman–Crippen MR) is 84.3 cm³/mol. The zero-order chi connectivity index (χ0) is 15.8. The van der Waals surface area contributed by atoms with Crippen LogP contribution in [0.2, 0.25) is 0 Å². The van der Waals surface area contributed by atoms with Crippen molar-refractivity contribution in [2.24, 2.45) is 5.92 Å². The molecule has 0 radical (unpaired) electrons. The minimum atomic E-state index is -0.334. The summed E-state index contributed by atoms with van der Waals surface area (Å²) in [4.78, 5) is 23.9. The van der Waals surface area contributed by atoms with Gasteiger partial charge in [-0.2, -0.15) is 0 Å². The Bertz CT molecular complexity index is 519. The Kier molecular flexibility index (Phi) is 6.01. The van der Waals surface area contributed by atoms with Crippen LogP contribution in [0.3, 0.4) is 0 Å². The van der Waals surface area contributed by atoms with Crippen LogP contribution < -0.4 is 15.6 Å². The Labute approximate surface area is 130 Å². The van der Waals surface area contributed by atoms with Gasteiger partial charge in [0.05, 0.1) is 0 Å². The highest BCUT2D eigenvalue weighted by molar-refractivity contribution is 5.95. The van der Waals surface area contributed by atoms with E-state index >= 15 is 0 Å². The average molecular weight is 302 g/mol. The van der Waals surface area contributed by atoms with E-state index in [4.69, 9.17) is 4.74 Å². The Balaban J connectivity index is 1.81. The standard InChI is InChI=1S/C17H22N2O3/c1-2-12-22-15-10-8-14(9-11-15)17(21)19-18-16(20)13-6-4-3-5-7-13/h2,8-11,13H,1,3-7,12H2,(H,18,20)(H,19,21). The van der Waals surface area contributed by atoms with Crippen molar-refractivity contribution in [2.45, 2.75) is 32.1 Å². The van der Waals surface area contributed by atoms with Crippen molar-refractivity contribution < 1.29 is 14.3 Å². The summed E-state index contributed by atoms with van der Waals surface area (Å²) >= 11 is 0. The number of carbonyl (C=O) groups is 2. The van der Waals surface area contributed by atoms with Gasteiger partial charge in [-0.25, -0.2) is 0 Å². The molecule has 0 heterocycles. The lowest BCUT2D eigenvalue weighted by molar-refractivity contribution is -0.126. The van der Waals surface area contributed by atoms with E-state index in [2.05, 4.69) is 17.4 Å². The van der Waals surface area contributed by atoms with Crippen LogP contribution in [0, 0.1) is 5.92 Å². The van der Waals surface area contributed by atoms with Gasteiger partial charge in [-0.05, 0) is 37.1 Å². The molecule has 1 saturated carbocycles. The first kappa shape index (κ1) is 16.1. The molecular weight excluding hydrogens is 280 g/mol. The molecule has 2 N–H and O–H groups in total. The molecule has 118 valence electrons. The lowest BCUT2D eigenvalue weighted by atomic mass is 9.89. The van der Waals surface area contributed by atoms with Crippen molar-refractivity contribution in [3.05, 3.63) is 42.5 Å². The fourth-order valence-electron chi connectivity index (χ4n) is 2.52. The highest BCUT2D eigenvalue weighted by Crippen LogP contribution is 2.23. The molecule has 2 amide bonds. The minimum absolute atomic E-state index is 0.0173. The second-order valence-electron chi connectivity index (χ2n) is 5.40. The van der Waals surface area contributed by atoms with Gasteiger partial charge in [0.2, 0.25) is 5.91 Å². The van der Waals surface area contributed by atoms with Crippen molar-refractivity contribution in [2.75, 3.05) is 6.61 Å². The van der Waals surface area contributed by atoms with Crippen molar-refractivity contribution >= 4 is 11.8 Å². The van der Waals surface area contributed by atoms with E-state index < -0.39 is 0 Å². The first-order valence-electron chi connectivity index (χ1n) is 7.64. The fraction of sp³-hybridized carbons (Fsp3) is 0.412. The molecule has 1 aliphatic carbocycles. The van der Waals surface area contributed by atoms with Crippen LogP contribution in [0.25, 0.3) is 0 Å². The molecule has 1 fully saturated rings. The number of ether oxygens (including phenoxy) is 1. The Morgan fingerprint density at radius 1 is 1.14 bits per heavy atom. The molecule has 22 heavy (non-hydrogen) atoms. The van der Waals surface area contributed by atoms with Gasteiger partial charge in [0.15, 0.2) is 0 Å². The van der Waals surface area contributed by atoms with Gasteiger partial charge in [0.1, 0.15) is 12.4 Å². The van der Waals surface area contributed by atoms with E-state index in [1.165, 1.54) is 6.42 Å². The topological polar surface area (TPSA) is 67.4 Å². The van der Waals surface area contributed by atoms with E-state index in [-0.39, 0.29) is 17.7 Å². The van der Waals surface area contributed by atoms with E-state index in [0.29, 0.717) is 17.9 Å². The Morgan fingerprint density at radius 3 is 2.45 bits per heavy atom. The normalized spacial score (nSPS) is 14.9. The zero-order valence-corrected chi connectivity index (χ0v) is 12.6. The number of hydrogen-bond acceptors (Lipinski definition) is 3. The maximum absolute atomic E-state index is 12.0. The molecule has 0 unspecified atom stereocenters. The van der Waals surface area contributed by atoms with E-state index in [1.54, 1.807) is 30.3 Å². The van der Waals surface area contributed by atoms with Crippen LogP contribution in [-0.4, -0.2) is 18.4 Å². The minimum Gasteiger partial charge on any atom is -0.490 e. The van der Waals surface area contributed by atoms with Crippen LogP contribution in [0.5, 0.6) is 5.75 Å². The van der Waals surface area contributed by atoms with E-state index in [1.807, 2.05) is 0 Å². The van der Waals surface area contributed by atoms with Crippen LogP contribution in [-0.2, 0) is 4.79 Å². The smallest absolute Gasteiger partial charge is 0.269 e. The van der Waals surface area contributed by atoms with E-state index in [9.17, 15) is 9.59 Å². The molecule has 0 bridgehead atoms. The summed E-state index contributed by atoms with van der Waals surface area (Å²) < 4.78 is 5.35. The third-order valence-corrected chi connectivity index (χ3v) is 3.76. The van der Waals surface area contributed by atoms with Crippen LogP contribution in [0.1, 0.15) is 42.5 Å². The highest BCUT2D eigenvalue weighted by Gasteiger charge is 2.21. The molecule has 1 aromatic rings. The van der Waals surface area contributed by atoms with Crippen LogP contribution in [0.15, 0.2) is 36.9 Å². The predicted octanol–water partition coefficient (Wildman–Crippen LogP) is 2.59. The number of hydrazine groups is 1. The summed E-state index contributed by atoms with van der Waals surface area (Å²) in [5, 5.41) is 0. The number of carbonyl (C=O) groups excluding carboxylic acids is 2. The second kappa shape index (κ2) is 8.22. The summed E-state index contributed by atoms with van der Waals surface area (Å²) in [5.41, 5.74) is 5.45. The molecule has 5 heteroatoms. The Morgan fingerprint density at radius 2 is 1.82 bits per heavy atom. The lowest BCUT2D eigenvalue weighted by Gasteiger charge is -2.20. The summed E-state index contributed by atoms with van der Waals surface area (Å²) in [7, 11) is 0. The van der Waals surface area contributed by atoms with Gasteiger partial charge >= 0.3 is 0 Å². The van der Waals surface area contributed by atoms with Gasteiger partial charge in [-0.3, -0.25) is 20.4 Å². The number of amides is 2. The van der Waals surface area contributed by atoms with Crippen LogP contribution in [0.4, 0.5) is 0 Å². The largest absolute Gasteiger partial charge is 0.490 e. The SMILES string of the molecule is C=CCOc1ccc(C(=O)NNC(=O)C2CCCCC2)cc1. The second-order valence-corrected chi connectivity index (χ2v) is 5.40. The number of rotatable bonds is 5. The maximum atomic E-state index is 12.0. The molecule has 0 aliphatic heterocycles. The summed E-state index contributed by atoms with van der Waals surface area (Å²) in [6.45, 7) is 3.99. The highest BCUT2D eigenvalue weighted by atomic mass is 16.5. The molecule has 5 nitrogen and oxygen atoms in total. The monoisotopic (exact) mass is 302 g/mol. The molecule has 0 aromatic heterocycles. The van der Waals surface area contributed by atoms with Crippen LogP contribution >= 0.6 is 0 Å². The maximum Gasteiger partial charge on any atom is 0.269 e. The van der Waals surface area contributed by atoms with Crippen molar-refractivity contribution in [3.8, 4) is 5.75 Å². The first-order valence-corrected chi connectivity index (χ1v) is 7.64. The molecule has 0 spiro atoms. The molecule has 0 atom stereocenters. The lowest BCUT2D eigenvalue weighted by Crippen LogP contribution is -2.44. The third kappa shape index (κ3) is 4.62. The van der Waals surface area contributed by atoms with Gasteiger partial charge in [-0.1, -0.05) is 31.9 Å². The third-order valence-electron chi connectivity index (χ3n) is 3.76. The fourth-order valence-corrected chi connectivity index (χ4v) is 2.52. The summed E-state index contributed by atoms with van der Waals surface area (Å²) in [6.07, 6.45) is 6.81. The van der Waals surface area contributed by atoms with Crippen molar-refractivity contribution in [3.63, 3.8) is 0 Å². The van der Waals surface area contributed by atoms with Gasteiger partial charge in [0.25, 0.3) is 5.91 Å². The average Bonchev–Trinajstić information content (AvgIpc) is 2.58. The van der Waals surface area contributed by atoms with Crippen molar-refractivity contribution in [1.29, 1.82) is 0 Å².